The zero-order valence-electron chi connectivity index (χ0n) is 11.1. The Morgan fingerprint density at radius 3 is 2.79 bits per heavy atom. The van der Waals surface area contributed by atoms with Crippen LogP contribution in [0.4, 0.5) is 5.69 Å². The van der Waals surface area contributed by atoms with Crippen LogP contribution < -0.4 is 5.73 Å². The Kier molecular flexibility index (Phi) is 3.00. The lowest BCUT2D eigenvalue weighted by molar-refractivity contribution is 0.969. The number of aromatic nitrogens is 1. The molecule has 3 rings (SSSR count). The van der Waals surface area contributed by atoms with E-state index in [4.69, 9.17) is 5.73 Å². The van der Waals surface area contributed by atoms with Gasteiger partial charge >= 0.3 is 0 Å². The highest BCUT2D eigenvalue weighted by Crippen LogP contribution is 2.21. The van der Waals surface area contributed by atoms with Gasteiger partial charge in [0, 0.05) is 22.8 Å². The van der Waals surface area contributed by atoms with Gasteiger partial charge in [-0.25, -0.2) is 0 Å². The molecular formula is C17H18N2. The van der Waals surface area contributed by atoms with E-state index in [9.17, 15) is 0 Å². The third kappa shape index (κ3) is 2.48. The van der Waals surface area contributed by atoms with E-state index in [2.05, 4.69) is 48.4 Å². The summed E-state index contributed by atoms with van der Waals surface area (Å²) in [5.41, 5.74) is 11.8. The molecular weight excluding hydrogens is 232 g/mol. The van der Waals surface area contributed by atoms with E-state index >= 15 is 0 Å². The number of nitrogens with one attached hydrogen (secondary N) is 1. The van der Waals surface area contributed by atoms with Crippen LogP contribution in [0.15, 0.2) is 48.7 Å². The van der Waals surface area contributed by atoms with Crippen LogP contribution in [0, 0.1) is 6.92 Å². The lowest BCUT2D eigenvalue weighted by Gasteiger charge is -2.03. The van der Waals surface area contributed by atoms with Crippen molar-refractivity contribution in [3.63, 3.8) is 0 Å². The van der Waals surface area contributed by atoms with E-state index < -0.39 is 0 Å². The zero-order valence-corrected chi connectivity index (χ0v) is 11.1. The summed E-state index contributed by atoms with van der Waals surface area (Å²) in [6.45, 7) is 2.13. The van der Waals surface area contributed by atoms with Gasteiger partial charge in [0.2, 0.25) is 0 Å². The first-order chi connectivity index (χ1) is 9.22. The second-order valence-electron chi connectivity index (χ2n) is 5.11. The van der Waals surface area contributed by atoms with E-state index in [1.54, 1.807) is 0 Å². The first kappa shape index (κ1) is 11.8. The molecule has 0 radical (unpaired) electrons. The molecule has 0 spiro atoms. The van der Waals surface area contributed by atoms with Gasteiger partial charge in [0.05, 0.1) is 0 Å². The van der Waals surface area contributed by atoms with Gasteiger partial charge in [-0.2, -0.15) is 0 Å². The second-order valence-corrected chi connectivity index (χ2v) is 5.11. The number of aryl methyl sites for hydroxylation is 3. The van der Waals surface area contributed by atoms with Crippen LogP contribution >= 0.6 is 0 Å². The summed E-state index contributed by atoms with van der Waals surface area (Å²) < 4.78 is 0. The highest BCUT2D eigenvalue weighted by atomic mass is 14.7. The van der Waals surface area contributed by atoms with Crippen LogP contribution in [0.25, 0.3) is 10.9 Å². The molecule has 0 bridgehead atoms. The summed E-state index contributed by atoms with van der Waals surface area (Å²) in [6.07, 6.45) is 4.18. The van der Waals surface area contributed by atoms with Crippen molar-refractivity contribution in [1.82, 2.24) is 4.98 Å². The Balaban J connectivity index is 1.84. The number of nitrogen functional groups attached to an aromatic ring is 1. The third-order valence-corrected chi connectivity index (χ3v) is 3.56. The molecule has 0 saturated carbocycles. The highest BCUT2D eigenvalue weighted by molar-refractivity contribution is 5.83. The number of hydrogen-bond donors (Lipinski definition) is 2. The van der Waals surface area contributed by atoms with Gasteiger partial charge in [-0.3, -0.25) is 0 Å². The van der Waals surface area contributed by atoms with Gasteiger partial charge in [0.25, 0.3) is 0 Å². The van der Waals surface area contributed by atoms with Crippen LogP contribution in [0.2, 0.25) is 0 Å². The van der Waals surface area contributed by atoms with Crippen LogP contribution in [-0.4, -0.2) is 4.98 Å². The Labute approximate surface area is 113 Å². The Hall–Kier alpha value is -2.22. The fraction of sp³-hybridized carbons (Fsp3) is 0.176. The number of anilines is 1. The second kappa shape index (κ2) is 4.81. The summed E-state index contributed by atoms with van der Waals surface area (Å²) in [5, 5.41) is 1.34. The van der Waals surface area contributed by atoms with E-state index in [0.717, 1.165) is 18.5 Å². The van der Waals surface area contributed by atoms with E-state index in [1.165, 1.54) is 27.6 Å². The minimum Gasteiger partial charge on any atom is -0.399 e. The molecule has 96 valence electrons. The van der Waals surface area contributed by atoms with Gasteiger partial charge in [-0.15, -0.1) is 0 Å². The summed E-state index contributed by atoms with van der Waals surface area (Å²) >= 11 is 0. The van der Waals surface area contributed by atoms with Crippen molar-refractivity contribution in [2.24, 2.45) is 0 Å². The van der Waals surface area contributed by atoms with Crippen LogP contribution in [0.3, 0.4) is 0 Å². The van der Waals surface area contributed by atoms with E-state index in [-0.39, 0.29) is 0 Å². The number of aromatic amines is 1. The molecule has 0 saturated heterocycles. The maximum atomic E-state index is 5.81. The van der Waals surface area contributed by atoms with Gasteiger partial charge in [-0.05, 0) is 55.2 Å². The van der Waals surface area contributed by atoms with Gasteiger partial charge in [-0.1, -0.05) is 23.8 Å². The van der Waals surface area contributed by atoms with Gasteiger partial charge in [0.15, 0.2) is 0 Å². The molecule has 0 fully saturated rings. The average Bonchev–Trinajstić information content (AvgIpc) is 2.79. The molecule has 3 N–H and O–H groups in total. The number of benzene rings is 2. The minimum absolute atomic E-state index is 0.840. The molecule has 3 aromatic rings. The number of nitrogens with two attached hydrogens (primary N) is 1. The fourth-order valence-corrected chi connectivity index (χ4v) is 2.53. The lowest BCUT2D eigenvalue weighted by Crippen LogP contribution is -1.92. The largest absolute Gasteiger partial charge is 0.399 e. The maximum absolute atomic E-state index is 5.81. The molecule has 0 unspecified atom stereocenters. The minimum atomic E-state index is 0.840. The van der Waals surface area contributed by atoms with Crippen molar-refractivity contribution in [3.05, 3.63) is 65.4 Å². The maximum Gasteiger partial charge on any atom is 0.0456 e. The van der Waals surface area contributed by atoms with Crippen molar-refractivity contribution >= 4 is 16.6 Å². The molecule has 0 amide bonds. The highest BCUT2D eigenvalue weighted by Gasteiger charge is 2.04. The Bertz CT molecular complexity index is 710. The van der Waals surface area contributed by atoms with Gasteiger partial charge in [0.1, 0.15) is 0 Å². The zero-order chi connectivity index (χ0) is 13.2. The molecule has 2 aromatic carbocycles. The summed E-state index contributed by atoms with van der Waals surface area (Å²) in [6, 6.07) is 14.7. The molecule has 1 aromatic heterocycles. The molecule has 1 heterocycles. The lowest BCUT2D eigenvalue weighted by atomic mass is 10.0. The number of fused-ring (bicyclic) bond motifs is 1. The van der Waals surface area contributed by atoms with E-state index in [0.29, 0.717) is 0 Å². The molecule has 2 heteroatoms. The van der Waals surface area contributed by atoms with Crippen molar-refractivity contribution in [1.29, 1.82) is 0 Å². The van der Waals surface area contributed by atoms with Crippen LogP contribution in [0.5, 0.6) is 0 Å². The average molecular weight is 250 g/mol. The third-order valence-electron chi connectivity index (χ3n) is 3.56. The van der Waals surface area contributed by atoms with Crippen molar-refractivity contribution in [2.45, 2.75) is 19.8 Å². The molecule has 0 aliphatic heterocycles. The smallest absolute Gasteiger partial charge is 0.0456 e. The SMILES string of the molecule is Cc1ccc2[nH]cc(CCc3cccc(N)c3)c2c1. The molecule has 2 nitrogen and oxygen atoms in total. The number of rotatable bonds is 3. The monoisotopic (exact) mass is 250 g/mol. The van der Waals surface area contributed by atoms with Crippen molar-refractivity contribution in [2.75, 3.05) is 5.73 Å². The molecule has 0 aliphatic carbocycles. The first-order valence-corrected chi connectivity index (χ1v) is 6.63. The normalized spacial score (nSPS) is 11.0. The summed E-state index contributed by atoms with van der Waals surface area (Å²) in [7, 11) is 0. The van der Waals surface area contributed by atoms with Crippen LogP contribution in [0.1, 0.15) is 16.7 Å². The summed E-state index contributed by atoms with van der Waals surface area (Å²) in [4.78, 5) is 3.34. The number of hydrogen-bond acceptors (Lipinski definition) is 1. The van der Waals surface area contributed by atoms with Crippen LogP contribution in [-0.2, 0) is 12.8 Å². The quantitative estimate of drug-likeness (QED) is 0.681. The standard InChI is InChI=1S/C17H18N2/c1-12-5-8-17-16(9-12)14(11-19-17)7-6-13-3-2-4-15(18)10-13/h2-5,8-11,19H,6-7,18H2,1H3. The molecule has 0 aliphatic rings. The number of H-pyrrole nitrogens is 1. The van der Waals surface area contributed by atoms with Gasteiger partial charge < -0.3 is 10.7 Å². The van der Waals surface area contributed by atoms with Crippen molar-refractivity contribution in [3.8, 4) is 0 Å². The topological polar surface area (TPSA) is 41.8 Å². The first-order valence-electron chi connectivity index (χ1n) is 6.63. The molecule has 19 heavy (non-hydrogen) atoms. The predicted octanol–water partition coefficient (Wildman–Crippen LogP) is 3.84. The van der Waals surface area contributed by atoms with Crippen molar-refractivity contribution < 1.29 is 0 Å². The Morgan fingerprint density at radius 1 is 1.05 bits per heavy atom. The predicted molar refractivity (Wildman–Crippen MR) is 81.3 cm³/mol. The van der Waals surface area contributed by atoms with E-state index in [1.807, 2.05) is 12.1 Å². The summed E-state index contributed by atoms with van der Waals surface area (Å²) in [5.74, 6) is 0. The fourth-order valence-electron chi connectivity index (χ4n) is 2.53. The Morgan fingerprint density at radius 2 is 1.95 bits per heavy atom. The molecule has 0 atom stereocenters.